The van der Waals surface area contributed by atoms with Gasteiger partial charge >= 0.3 is 7.12 Å². The molecule has 0 N–H and O–H groups in total. The molecule has 0 aromatic heterocycles. The summed E-state index contributed by atoms with van der Waals surface area (Å²) in [5.74, 6) is -0.250. The molecule has 0 saturated carbocycles. The molecule has 0 aliphatic carbocycles. The van der Waals surface area contributed by atoms with Crippen molar-refractivity contribution in [3.05, 3.63) is 29.1 Å². The van der Waals surface area contributed by atoms with Gasteiger partial charge in [-0.3, -0.25) is 0 Å². The molecule has 2 heterocycles. The van der Waals surface area contributed by atoms with E-state index in [4.69, 9.17) is 14.0 Å². The fraction of sp³-hybridized carbons (Fsp3) is 0.625. The van der Waals surface area contributed by atoms with Crippen LogP contribution in [-0.4, -0.2) is 18.3 Å². The minimum atomic E-state index is -0.576. The average molecular weight is 292 g/mol. The Labute approximate surface area is 125 Å². The van der Waals surface area contributed by atoms with Gasteiger partial charge in [0, 0.05) is 5.56 Å². The van der Waals surface area contributed by atoms with Crippen molar-refractivity contribution in [1.82, 2.24) is 0 Å². The van der Waals surface area contributed by atoms with E-state index in [9.17, 15) is 4.39 Å². The van der Waals surface area contributed by atoms with Gasteiger partial charge in [-0.15, -0.1) is 0 Å². The first kappa shape index (κ1) is 15.0. The van der Waals surface area contributed by atoms with Gasteiger partial charge in [-0.05, 0) is 58.6 Å². The van der Waals surface area contributed by atoms with Crippen molar-refractivity contribution in [2.75, 3.05) is 0 Å². The van der Waals surface area contributed by atoms with Crippen LogP contribution in [0.3, 0.4) is 0 Å². The number of benzene rings is 1. The van der Waals surface area contributed by atoms with Crippen molar-refractivity contribution in [3.63, 3.8) is 0 Å². The van der Waals surface area contributed by atoms with Crippen LogP contribution in [0.2, 0.25) is 0 Å². The summed E-state index contributed by atoms with van der Waals surface area (Å²) >= 11 is 0. The van der Waals surface area contributed by atoms with Crippen LogP contribution in [0.15, 0.2) is 12.1 Å². The molecule has 21 heavy (non-hydrogen) atoms. The zero-order valence-electron chi connectivity index (χ0n) is 13.5. The molecule has 1 fully saturated rings. The van der Waals surface area contributed by atoms with Gasteiger partial charge < -0.3 is 14.0 Å². The fourth-order valence-corrected chi connectivity index (χ4v) is 2.92. The Balaban J connectivity index is 1.98. The van der Waals surface area contributed by atoms with Crippen LogP contribution in [0.1, 0.15) is 52.7 Å². The Morgan fingerprint density at radius 2 is 1.57 bits per heavy atom. The second kappa shape index (κ2) is 4.31. The second-order valence-electron chi connectivity index (χ2n) is 7.42. The van der Waals surface area contributed by atoms with Crippen LogP contribution >= 0.6 is 0 Å². The van der Waals surface area contributed by atoms with Gasteiger partial charge in [-0.25, -0.2) is 4.39 Å². The minimum absolute atomic E-state index is 0.250. The van der Waals surface area contributed by atoms with Gasteiger partial charge in [-0.2, -0.15) is 0 Å². The summed E-state index contributed by atoms with van der Waals surface area (Å²) in [6.07, 6.45) is 0. The third-order valence-electron chi connectivity index (χ3n) is 4.91. The first-order chi connectivity index (χ1) is 9.53. The Morgan fingerprint density at radius 1 is 1.00 bits per heavy atom. The molecular formula is C16H22BFO3. The van der Waals surface area contributed by atoms with E-state index < -0.39 is 23.9 Å². The maximum atomic E-state index is 14.5. The summed E-state index contributed by atoms with van der Waals surface area (Å²) in [6, 6.07) is 3.45. The van der Waals surface area contributed by atoms with E-state index in [1.54, 1.807) is 0 Å². The molecule has 0 unspecified atom stereocenters. The van der Waals surface area contributed by atoms with Gasteiger partial charge in [0.1, 0.15) is 5.82 Å². The minimum Gasteiger partial charge on any atom is -0.399 e. The lowest BCUT2D eigenvalue weighted by molar-refractivity contribution is -0.00957. The number of hydrogen-bond acceptors (Lipinski definition) is 3. The summed E-state index contributed by atoms with van der Waals surface area (Å²) in [5, 5.41) is 0. The molecule has 114 valence electrons. The number of hydrogen-bond donors (Lipinski definition) is 0. The Hall–Kier alpha value is -0.905. The van der Waals surface area contributed by atoms with Crippen LogP contribution in [0.5, 0.6) is 0 Å². The van der Waals surface area contributed by atoms with Crippen molar-refractivity contribution in [2.24, 2.45) is 0 Å². The maximum absolute atomic E-state index is 14.5. The molecule has 2 aliphatic rings. The molecule has 1 aromatic carbocycles. The highest BCUT2D eigenvalue weighted by Gasteiger charge is 2.52. The maximum Gasteiger partial charge on any atom is 0.494 e. The zero-order chi connectivity index (χ0) is 15.6. The molecule has 3 nitrogen and oxygen atoms in total. The third kappa shape index (κ3) is 2.22. The van der Waals surface area contributed by atoms with Gasteiger partial charge in [0.05, 0.1) is 23.4 Å². The number of ether oxygens (including phenoxy) is 1. The SMILES string of the molecule is CC1(C)OCc2cc(B3OC(C)(C)C(C)(C)O3)cc(F)c21. The zero-order valence-corrected chi connectivity index (χ0v) is 13.5. The van der Waals surface area contributed by atoms with Gasteiger partial charge in [0.15, 0.2) is 0 Å². The molecule has 0 amide bonds. The Bertz CT molecular complexity index is 579. The first-order valence-corrected chi connectivity index (χ1v) is 7.36. The normalized spacial score (nSPS) is 25.2. The summed E-state index contributed by atoms with van der Waals surface area (Å²) in [6.45, 7) is 12.1. The van der Waals surface area contributed by atoms with Crippen LogP contribution < -0.4 is 5.46 Å². The average Bonchev–Trinajstić information content (AvgIpc) is 2.74. The second-order valence-corrected chi connectivity index (χ2v) is 7.42. The lowest BCUT2D eigenvalue weighted by Crippen LogP contribution is -2.41. The highest BCUT2D eigenvalue weighted by molar-refractivity contribution is 6.62. The van der Waals surface area contributed by atoms with E-state index in [0.717, 1.165) is 5.56 Å². The van der Waals surface area contributed by atoms with E-state index in [1.165, 1.54) is 6.07 Å². The lowest BCUT2D eigenvalue weighted by atomic mass is 9.77. The van der Waals surface area contributed by atoms with Crippen molar-refractivity contribution < 1.29 is 18.4 Å². The number of rotatable bonds is 1. The predicted octanol–water partition coefficient (Wildman–Crippen LogP) is 2.89. The third-order valence-corrected chi connectivity index (χ3v) is 4.91. The monoisotopic (exact) mass is 292 g/mol. The van der Waals surface area contributed by atoms with E-state index >= 15 is 0 Å². The molecule has 0 atom stereocenters. The largest absolute Gasteiger partial charge is 0.494 e. The molecule has 3 rings (SSSR count). The van der Waals surface area contributed by atoms with Crippen molar-refractivity contribution in [3.8, 4) is 0 Å². The number of halogens is 1. The topological polar surface area (TPSA) is 27.7 Å². The van der Waals surface area contributed by atoms with E-state index in [2.05, 4.69) is 0 Å². The van der Waals surface area contributed by atoms with Gasteiger partial charge in [0.25, 0.3) is 0 Å². The molecule has 2 aliphatic heterocycles. The lowest BCUT2D eigenvalue weighted by Gasteiger charge is -2.32. The quantitative estimate of drug-likeness (QED) is 0.745. The highest BCUT2D eigenvalue weighted by Crippen LogP contribution is 2.39. The molecule has 0 bridgehead atoms. The Kier molecular flexibility index (Phi) is 3.08. The number of fused-ring (bicyclic) bond motifs is 1. The first-order valence-electron chi connectivity index (χ1n) is 7.36. The van der Waals surface area contributed by atoms with Gasteiger partial charge in [-0.1, -0.05) is 6.07 Å². The van der Waals surface area contributed by atoms with E-state index in [-0.39, 0.29) is 5.82 Å². The van der Waals surface area contributed by atoms with E-state index in [0.29, 0.717) is 17.6 Å². The standard InChI is InChI=1S/C16H22BFO3/c1-14(2)13-10(9-19-14)7-11(8-12(13)18)17-20-15(3,4)16(5,6)21-17/h7-8H,9H2,1-6H3. The highest BCUT2D eigenvalue weighted by atomic mass is 19.1. The van der Waals surface area contributed by atoms with Crippen molar-refractivity contribution >= 4 is 12.6 Å². The van der Waals surface area contributed by atoms with Gasteiger partial charge in [0.2, 0.25) is 0 Å². The summed E-state index contributed by atoms with van der Waals surface area (Å²) in [5.41, 5.74) is 0.804. The Morgan fingerprint density at radius 3 is 2.14 bits per heavy atom. The van der Waals surface area contributed by atoms with Crippen LogP contribution in [0, 0.1) is 5.82 Å². The van der Waals surface area contributed by atoms with Crippen LogP contribution in [0.4, 0.5) is 4.39 Å². The molecular weight excluding hydrogens is 270 g/mol. The predicted molar refractivity (Wildman–Crippen MR) is 79.9 cm³/mol. The summed E-state index contributed by atoms with van der Waals surface area (Å²) in [4.78, 5) is 0. The smallest absolute Gasteiger partial charge is 0.399 e. The molecule has 0 spiro atoms. The van der Waals surface area contributed by atoms with Crippen molar-refractivity contribution in [2.45, 2.75) is 65.0 Å². The molecule has 1 aromatic rings. The van der Waals surface area contributed by atoms with E-state index in [1.807, 2.05) is 47.6 Å². The molecule has 1 saturated heterocycles. The fourth-order valence-electron chi connectivity index (χ4n) is 2.92. The van der Waals surface area contributed by atoms with Crippen LogP contribution in [0.25, 0.3) is 0 Å². The van der Waals surface area contributed by atoms with Crippen LogP contribution in [-0.2, 0) is 26.3 Å². The summed E-state index contributed by atoms with van der Waals surface area (Å²) in [7, 11) is -0.543. The molecule has 5 heteroatoms. The summed E-state index contributed by atoms with van der Waals surface area (Å²) < 4.78 is 32.1. The van der Waals surface area contributed by atoms with Crippen molar-refractivity contribution in [1.29, 1.82) is 0 Å². The molecule has 0 radical (unpaired) electrons.